The number of phenols is 1. The van der Waals surface area contributed by atoms with Gasteiger partial charge in [-0.1, -0.05) is 60.7 Å². The van der Waals surface area contributed by atoms with E-state index in [1.165, 1.54) is 12.1 Å². The molecule has 2 N–H and O–H groups in total. The van der Waals surface area contributed by atoms with Crippen LogP contribution in [0.3, 0.4) is 0 Å². The van der Waals surface area contributed by atoms with E-state index in [0.717, 1.165) is 11.3 Å². The smallest absolute Gasteiger partial charge is 0.339 e. The van der Waals surface area contributed by atoms with E-state index in [2.05, 4.69) is 0 Å². The van der Waals surface area contributed by atoms with Crippen LogP contribution in [0.1, 0.15) is 32.0 Å². The van der Waals surface area contributed by atoms with Gasteiger partial charge in [0.15, 0.2) is 5.78 Å². The zero-order valence-electron chi connectivity index (χ0n) is 16.2. The minimum absolute atomic E-state index is 0.101. The summed E-state index contributed by atoms with van der Waals surface area (Å²) >= 11 is 0. The fourth-order valence-corrected chi connectivity index (χ4v) is 3.58. The lowest BCUT2D eigenvalue weighted by Gasteiger charge is -2.13. The number of rotatable bonds is 5. The van der Waals surface area contributed by atoms with Gasteiger partial charge in [0.1, 0.15) is 11.3 Å². The largest absolute Gasteiger partial charge is 0.507 e. The summed E-state index contributed by atoms with van der Waals surface area (Å²) in [6, 6.07) is 24.9. The quantitative estimate of drug-likeness (QED) is 0.460. The molecule has 0 bridgehead atoms. The van der Waals surface area contributed by atoms with Crippen molar-refractivity contribution in [3.05, 3.63) is 107 Å². The predicted molar refractivity (Wildman–Crippen MR) is 114 cm³/mol. The fourth-order valence-electron chi connectivity index (χ4n) is 3.58. The van der Waals surface area contributed by atoms with Gasteiger partial charge in [-0.25, -0.2) is 4.79 Å². The summed E-state index contributed by atoms with van der Waals surface area (Å²) < 4.78 is 1.86. The Hall–Kier alpha value is -4.12. The summed E-state index contributed by atoms with van der Waals surface area (Å²) in [5.41, 5.74) is 3.89. The molecule has 0 atom stereocenters. The second-order valence-electron chi connectivity index (χ2n) is 6.93. The number of carboxylic acids is 1. The van der Waals surface area contributed by atoms with Crippen LogP contribution < -0.4 is 0 Å². The maximum atomic E-state index is 13.2. The summed E-state index contributed by atoms with van der Waals surface area (Å²) in [4.78, 5) is 24.4. The average molecular weight is 397 g/mol. The normalized spacial score (nSPS) is 10.7. The first-order valence-electron chi connectivity index (χ1n) is 9.41. The number of carbonyl (C=O) groups is 2. The van der Waals surface area contributed by atoms with E-state index < -0.39 is 5.97 Å². The number of ketones is 1. The monoisotopic (exact) mass is 397 g/mol. The zero-order chi connectivity index (χ0) is 21.3. The van der Waals surface area contributed by atoms with Crippen LogP contribution in [0.2, 0.25) is 0 Å². The molecule has 0 radical (unpaired) electrons. The molecule has 0 spiro atoms. The topological polar surface area (TPSA) is 79.5 Å². The van der Waals surface area contributed by atoms with E-state index in [1.807, 2.05) is 66.1 Å². The number of hydrogen-bond donors (Lipinski definition) is 2. The minimum Gasteiger partial charge on any atom is -0.507 e. The van der Waals surface area contributed by atoms with Gasteiger partial charge >= 0.3 is 5.97 Å². The molecule has 0 saturated carbocycles. The van der Waals surface area contributed by atoms with Gasteiger partial charge in [0.05, 0.1) is 5.69 Å². The van der Waals surface area contributed by atoms with Gasteiger partial charge in [0.2, 0.25) is 0 Å². The van der Waals surface area contributed by atoms with Gasteiger partial charge in [0, 0.05) is 28.6 Å². The Morgan fingerprint density at radius 1 is 0.800 bits per heavy atom. The maximum Gasteiger partial charge on any atom is 0.339 e. The highest BCUT2D eigenvalue weighted by Crippen LogP contribution is 2.32. The fraction of sp³-hybridized carbons (Fsp3) is 0.0400. The Morgan fingerprint density at radius 3 is 2.03 bits per heavy atom. The van der Waals surface area contributed by atoms with Crippen LogP contribution >= 0.6 is 0 Å². The van der Waals surface area contributed by atoms with Crippen molar-refractivity contribution in [3.8, 4) is 22.7 Å². The molecule has 4 rings (SSSR count). The first-order chi connectivity index (χ1) is 14.5. The first-order valence-corrected chi connectivity index (χ1v) is 9.41. The third kappa shape index (κ3) is 3.37. The van der Waals surface area contributed by atoms with Crippen LogP contribution in [0.15, 0.2) is 84.9 Å². The zero-order valence-corrected chi connectivity index (χ0v) is 16.2. The average Bonchev–Trinajstić information content (AvgIpc) is 3.11. The molecule has 0 amide bonds. The van der Waals surface area contributed by atoms with E-state index in [-0.39, 0.29) is 17.1 Å². The van der Waals surface area contributed by atoms with Crippen molar-refractivity contribution < 1.29 is 19.8 Å². The van der Waals surface area contributed by atoms with Crippen LogP contribution in [0.4, 0.5) is 0 Å². The molecule has 3 aromatic carbocycles. The van der Waals surface area contributed by atoms with Crippen LogP contribution in [-0.4, -0.2) is 26.5 Å². The Balaban J connectivity index is 1.93. The van der Waals surface area contributed by atoms with Gasteiger partial charge < -0.3 is 14.8 Å². The lowest BCUT2D eigenvalue weighted by Crippen LogP contribution is -2.05. The molecule has 0 unspecified atom stereocenters. The molecule has 30 heavy (non-hydrogen) atoms. The van der Waals surface area contributed by atoms with Crippen LogP contribution in [0, 0.1) is 6.92 Å². The van der Waals surface area contributed by atoms with Crippen molar-refractivity contribution >= 4 is 11.8 Å². The van der Waals surface area contributed by atoms with Gasteiger partial charge in [-0.2, -0.15) is 0 Å². The van der Waals surface area contributed by atoms with E-state index in [9.17, 15) is 19.8 Å². The van der Waals surface area contributed by atoms with E-state index in [0.29, 0.717) is 22.5 Å². The maximum absolute atomic E-state index is 13.2. The number of carboxylic acid groups (broad SMARTS) is 1. The third-order valence-corrected chi connectivity index (χ3v) is 5.07. The Bertz CT molecular complexity index is 1240. The van der Waals surface area contributed by atoms with Gasteiger partial charge in [-0.05, 0) is 30.7 Å². The summed E-state index contributed by atoms with van der Waals surface area (Å²) in [6.45, 7) is 1.84. The van der Waals surface area contributed by atoms with Gasteiger partial charge in [-0.15, -0.1) is 0 Å². The Kier molecular flexibility index (Phi) is 4.94. The second-order valence-corrected chi connectivity index (χ2v) is 6.93. The predicted octanol–water partition coefficient (Wildman–Crippen LogP) is 5.09. The Labute approximate surface area is 173 Å². The molecule has 4 aromatic rings. The molecule has 0 aliphatic rings. The van der Waals surface area contributed by atoms with E-state index >= 15 is 0 Å². The molecule has 0 aliphatic heterocycles. The van der Waals surface area contributed by atoms with Crippen molar-refractivity contribution in [2.24, 2.45) is 0 Å². The van der Waals surface area contributed by atoms with E-state index in [1.54, 1.807) is 18.2 Å². The SMILES string of the molecule is Cc1c(C(=O)c2ccccc2)cc(-c2ccccc2)n1-c1ccc(C(=O)O)c(O)c1. The highest BCUT2D eigenvalue weighted by molar-refractivity contribution is 6.10. The second kappa shape index (κ2) is 7.72. The summed E-state index contributed by atoms with van der Waals surface area (Å²) in [6.07, 6.45) is 0. The third-order valence-electron chi connectivity index (χ3n) is 5.07. The number of aromatic carboxylic acids is 1. The van der Waals surface area contributed by atoms with Crippen molar-refractivity contribution in [1.82, 2.24) is 4.57 Å². The number of nitrogens with zero attached hydrogens (tertiary/aromatic N) is 1. The number of aromatic nitrogens is 1. The molecule has 5 heteroatoms. The molecular weight excluding hydrogens is 378 g/mol. The molecule has 148 valence electrons. The highest BCUT2D eigenvalue weighted by Gasteiger charge is 2.21. The standard InChI is InChI=1S/C25H19NO4/c1-16-21(24(28)18-10-6-3-7-11-18)15-22(17-8-4-2-5-9-17)26(16)19-12-13-20(25(29)30)23(27)14-19/h2-15,27H,1H3,(H,29,30). The van der Waals surface area contributed by atoms with Gasteiger partial charge in [0.25, 0.3) is 0 Å². The number of benzene rings is 3. The Morgan fingerprint density at radius 2 is 1.43 bits per heavy atom. The highest BCUT2D eigenvalue weighted by atomic mass is 16.4. The van der Waals surface area contributed by atoms with Crippen LogP contribution in [-0.2, 0) is 0 Å². The number of carbonyl (C=O) groups excluding carboxylic acids is 1. The van der Waals surface area contributed by atoms with Crippen molar-refractivity contribution in [3.63, 3.8) is 0 Å². The molecular formula is C25H19NO4. The minimum atomic E-state index is -1.20. The van der Waals surface area contributed by atoms with Crippen molar-refractivity contribution in [1.29, 1.82) is 0 Å². The van der Waals surface area contributed by atoms with Crippen molar-refractivity contribution in [2.75, 3.05) is 0 Å². The van der Waals surface area contributed by atoms with Crippen LogP contribution in [0.5, 0.6) is 5.75 Å². The molecule has 0 fully saturated rings. The lowest BCUT2D eigenvalue weighted by molar-refractivity contribution is 0.0693. The van der Waals surface area contributed by atoms with E-state index in [4.69, 9.17) is 0 Å². The molecule has 1 aromatic heterocycles. The van der Waals surface area contributed by atoms with Gasteiger partial charge in [-0.3, -0.25) is 4.79 Å². The molecule has 0 aliphatic carbocycles. The number of hydrogen-bond acceptors (Lipinski definition) is 3. The summed E-state index contributed by atoms with van der Waals surface area (Å²) in [7, 11) is 0. The molecule has 0 saturated heterocycles. The van der Waals surface area contributed by atoms with Crippen molar-refractivity contribution in [2.45, 2.75) is 6.92 Å². The first kappa shape index (κ1) is 19.2. The van der Waals surface area contributed by atoms with Crippen LogP contribution in [0.25, 0.3) is 16.9 Å². The summed E-state index contributed by atoms with van der Waals surface area (Å²) in [5.74, 6) is -1.63. The molecule has 1 heterocycles. The summed E-state index contributed by atoms with van der Waals surface area (Å²) in [5, 5.41) is 19.4. The molecule has 5 nitrogen and oxygen atoms in total. The lowest BCUT2D eigenvalue weighted by atomic mass is 10.0. The number of aromatic hydroxyl groups is 1.